The Kier molecular flexibility index (Phi) is 11.2. The highest BCUT2D eigenvalue weighted by Gasteiger charge is 2.67. The van der Waals surface area contributed by atoms with Gasteiger partial charge in [0.15, 0.2) is 6.29 Å². The Morgan fingerprint density at radius 1 is 1.11 bits per heavy atom. The summed E-state index contributed by atoms with van der Waals surface area (Å²) in [7, 11) is 3.31. The molecule has 38 heavy (non-hydrogen) atoms. The third-order valence-corrected chi connectivity index (χ3v) is 8.95. The molecule has 3 rings (SSSR count). The number of likely N-dealkylation sites (tertiary alicyclic amines) is 2. The number of nitrogens with zero attached hydrogens (tertiary/aromatic N) is 2. The molecule has 6 heteroatoms. The number of allylic oxidation sites excluding steroid dienone is 3. The largest absolute Gasteiger partial charge is 0.384 e. The van der Waals surface area contributed by atoms with Crippen LogP contribution < -0.4 is 0 Å². The Balaban J connectivity index is 2.11. The quantitative estimate of drug-likeness (QED) is 0.165. The molecule has 212 valence electrons. The number of hydrogen-bond acceptors (Lipinski definition) is 5. The zero-order chi connectivity index (χ0) is 27.8. The normalized spacial score (nSPS) is 30.9. The van der Waals surface area contributed by atoms with E-state index in [0.29, 0.717) is 19.3 Å². The molecule has 0 saturated carbocycles. The molecule has 1 spiro atoms. The molecule has 0 aromatic heterocycles. The summed E-state index contributed by atoms with van der Waals surface area (Å²) in [5.74, 6) is 0.226. The van der Waals surface area contributed by atoms with Crippen LogP contribution in [0.2, 0.25) is 0 Å². The number of carbonyl (C=O) groups excluding carboxylic acids is 1. The molecule has 1 amide bonds. The number of piperidine rings is 1. The lowest BCUT2D eigenvalue weighted by Crippen LogP contribution is -2.67. The number of methoxy groups -OCH3 is 2. The predicted octanol–water partition coefficient (Wildman–Crippen LogP) is 5.42. The SMILES string of the molecule is C=CCCCCN1CC[C@H]2C(C(OC)OC)=C[C@@](O)(CCC=C)[C@@H]3N(C(=O)CCCC=C)[C@@H](C=C)C[C@@]32C1. The van der Waals surface area contributed by atoms with Crippen molar-refractivity contribution in [2.24, 2.45) is 11.3 Å². The molecule has 6 nitrogen and oxygen atoms in total. The van der Waals surface area contributed by atoms with Gasteiger partial charge in [0.2, 0.25) is 5.91 Å². The smallest absolute Gasteiger partial charge is 0.223 e. The van der Waals surface area contributed by atoms with Crippen LogP contribution in [0.5, 0.6) is 0 Å². The lowest BCUT2D eigenvalue weighted by Gasteiger charge is -2.58. The van der Waals surface area contributed by atoms with Gasteiger partial charge in [-0.3, -0.25) is 4.79 Å². The number of aliphatic hydroxyl groups is 1. The third-order valence-electron chi connectivity index (χ3n) is 8.95. The van der Waals surface area contributed by atoms with E-state index < -0.39 is 11.9 Å². The maximum absolute atomic E-state index is 13.8. The molecule has 3 aliphatic rings. The average molecular weight is 527 g/mol. The van der Waals surface area contributed by atoms with Crippen LogP contribution in [0.15, 0.2) is 62.3 Å². The van der Waals surface area contributed by atoms with Gasteiger partial charge < -0.3 is 24.4 Å². The summed E-state index contributed by atoms with van der Waals surface area (Å²) in [6.07, 6.45) is 17.1. The van der Waals surface area contributed by atoms with E-state index in [2.05, 4.69) is 31.2 Å². The molecular weight excluding hydrogens is 476 g/mol. The Labute approximate surface area is 230 Å². The molecule has 2 heterocycles. The molecular formula is C32H50N2O4. The summed E-state index contributed by atoms with van der Waals surface area (Å²) in [5, 5.41) is 12.5. The highest BCUT2D eigenvalue weighted by Crippen LogP contribution is 2.60. The van der Waals surface area contributed by atoms with E-state index in [0.717, 1.165) is 70.2 Å². The fourth-order valence-electron chi connectivity index (χ4n) is 7.47. The van der Waals surface area contributed by atoms with Crippen molar-refractivity contribution in [3.63, 3.8) is 0 Å². The van der Waals surface area contributed by atoms with Gasteiger partial charge in [-0.15, -0.1) is 26.3 Å². The van der Waals surface area contributed by atoms with Crippen molar-refractivity contribution < 1.29 is 19.4 Å². The first kappa shape index (κ1) is 30.6. The van der Waals surface area contributed by atoms with Crippen LogP contribution in [0.1, 0.15) is 64.2 Å². The van der Waals surface area contributed by atoms with E-state index >= 15 is 0 Å². The minimum Gasteiger partial charge on any atom is -0.384 e. The van der Waals surface area contributed by atoms with E-state index in [4.69, 9.17) is 9.47 Å². The number of rotatable bonds is 16. The van der Waals surface area contributed by atoms with Gasteiger partial charge in [0.1, 0.15) is 5.60 Å². The zero-order valence-electron chi connectivity index (χ0n) is 23.8. The van der Waals surface area contributed by atoms with Crippen LogP contribution in [0.3, 0.4) is 0 Å². The van der Waals surface area contributed by atoms with Gasteiger partial charge in [-0.2, -0.15) is 0 Å². The molecule has 2 fully saturated rings. The van der Waals surface area contributed by atoms with Crippen molar-refractivity contribution in [2.75, 3.05) is 33.9 Å². The molecule has 1 N–H and O–H groups in total. The summed E-state index contributed by atoms with van der Waals surface area (Å²) in [4.78, 5) is 18.4. The first-order valence-corrected chi connectivity index (χ1v) is 14.3. The lowest BCUT2D eigenvalue weighted by atomic mass is 9.55. The maximum Gasteiger partial charge on any atom is 0.223 e. The lowest BCUT2D eigenvalue weighted by molar-refractivity contribution is -0.151. The van der Waals surface area contributed by atoms with Gasteiger partial charge >= 0.3 is 0 Å². The zero-order valence-corrected chi connectivity index (χ0v) is 23.8. The first-order valence-electron chi connectivity index (χ1n) is 14.3. The molecule has 0 bridgehead atoms. The summed E-state index contributed by atoms with van der Waals surface area (Å²) >= 11 is 0. The van der Waals surface area contributed by atoms with Crippen molar-refractivity contribution in [1.82, 2.24) is 9.80 Å². The summed E-state index contributed by atoms with van der Waals surface area (Å²) in [6, 6.07) is -0.487. The van der Waals surface area contributed by atoms with E-state index in [1.165, 1.54) is 0 Å². The summed E-state index contributed by atoms with van der Waals surface area (Å²) < 4.78 is 11.6. The number of amides is 1. The molecule has 0 unspecified atom stereocenters. The second-order valence-electron chi connectivity index (χ2n) is 11.3. The summed E-state index contributed by atoms with van der Waals surface area (Å²) in [5.41, 5.74) is -0.556. The Hall–Kier alpha value is -1.99. The molecule has 0 radical (unpaired) electrons. The number of ether oxygens (including phenoxy) is 2. The van der Waals surface area contributed by atoms with Crippen molar-refractivity contribution >= 4 is 5.91 Å². The molecule has 0 aromatic carbocycles. The van der Waals surface area contributed by atoms with Gasteiger partial charge in [0.25, 0.3) is 0 Å². The van der Waals surface area contributed by atoms with Crippen molar-refractivity contribution in [1.29, 1.82) is 0 Å². The Bertz CT molecular complexity index is 881. The second kappa shape index (κ2) is 13.9. The Morgan fingerprint density at radius 2 is 1.79 bits per heavy atom. The van der Waals surface area contributed by atoms with Crippen molar-refractivity contribution in [2.45, 2.75) is 88.2 Å². The first-order chi connectivity index (χ1) is 18.3. The molecule has 2 aliphatic heterocycles. The highest BCUT2D eigenvalue weighted by molar-refractivity contribution is 5.78. The number of carbonyl (C=O) groups is 1. The van der Waals surface area contributed by atoms with Crippen LogP contribution >= 0.6 is 0 Å². The molecule has 1 aliphatic carbocycles. The monoisotopic (exact) mass is 526 g/mol. The van der Waals surface area contributed by atoms with E-state index in [1.54, 1.807) is 14.2 Å². The van der Waals surface area contributed by atoms with Crippen LogP contribution in [-0.2, 0) is 14.3 Å². The van der Waals surface area contributed by atoms with Crippen LogP contribution in [-0.4, -0.2) is 78.6 Å². The van der Waals surface area contributed by atoms with Gasteiger partial charge in [-0.1, -0.05) is 24.3 Å². The minimum atomic E-state index is -1.23. The molecule has 5 atom stereocenters. The summed E-state index contributed by atoms with van der Waals surface area (Å²) in [6.45, 7) is 18.6. The van der Waals surface area contributed by atoms with Crippen LogP contribution in [0.25, 0.3) is 0 Å². The molecule has 2 saturated heterocycles. The van der Waals surface area contributed by atoms with Crippen LogP contribution in [0.4, 0.5) is 0 Å². The van der Waals surface area contributed by atoms with Gasteiger partial charge in [-0.25, -0.2) is 0 Å². The standard InChI is InChI=1S/C32H50N2O4/c1-7-11-14-16-20-33-21-18-27-26(29(37-5)38-6)23-32(36,19-13-9-3)30-31(27,24-33)22-25(10-4)34(30)28(35)17-15-12-8-2/h7-10,23,25,27,29-30,36H,1-4,11-22,24H2,5-6H3/t25-,27-,30+,31-,32-/m0/s1. The van der Waals surface area contributed by atoms with Crippen molar-refractivity contribution in [3.05, 3.63) is 62.3 Å². The fourth-order valence-corrected chi connectivity index (χ4v) is 7.47. The number of unbranched alkanes of at least 4 members (excludes halogenated alkanes) is 3. The van der Waals surface area contributed by atoms with E-state index in [1.807, 2.05) is 35.3 Å². The Morgan fingerprint density at radius 3 is 2.42 bits per heavy atom. The fraction of sp³-hybridized carbons (Fsp3) is 0.656. The molecule has 0 aromatic rings. The van der Waals surface area contributed by atoms with E-state index in [-0.39, 0.29) is 29.3 Å². The predicted molar refractivity (Wildman–Crippen MR) is 155 cm³/mol. The number of hydrogen-bond donors (Lipinski definition) is 1. The average Bonchev–Trinajstić information content (AvgIpc) is 3.26. The van der Waals surface area contributed by atoms with Gasteiger partial charge in [0.05, 0.1) is 12.1 Å². The topological polar surface area (TPSA) is 62.2 Å². The van der Waals surface area contributed by atoms with Crippen LogP contribution in [0, 0.1) is 11.3 Å². The highest BCUT2D eigenvalue weighted by atomic mass is 16.7. The minimum absolute atomic E-state index is 0.0874. The van der Waals surface area contributed by atoms with Gasteiger partial charge in [0, 0.05) is 32.6 Å². The van der Waals surface area contributed by atoms with Crippen molar-refractivity contribution in [3.8, 4) is 0 Å². The van der Waals surface area contributed by atoms with E-state index in [9.17, 15) is 9.90 Å². The maximum atomic E-state index is 13.8. The van der Waals surface area contributed by atoms with Gasteiger partial charge in [-0.05, 0) is 88.4 Å². The third kappa shape index (κ3) is 6.09. The second-order valence-corrected chi connectivity index (χ2v) is 11.3.